The fraction of sp³-hybridized carbons (Fsp3) is 0.133. The second kappa shape index (κ2) is 6.74. The Morgan fingerprint density at radius 3 is 2.48 bits per heavy atom. The fourth-order valence-electron chi connectivity index (χ4n) is 1.81. The molecule has 122 valence electrons. The molecular formula is C15H12F2O5S. The van der Waals surface area contributed by atoms with Crippen LogP contribution >= 0.6 is 0 Å². The van der Waals surface area contributed by atoms with Gasteiger partial charge in [-0.15, -0.1) is 0 Å². The Hall–Kier alpha value is -2.48. The first-order valence-electron chi connectivity index (χ1n) is 6.35. The third-order valence-electron chi connectivity index (χ3n) is 2.81. The molecule has 0 heterocycles. The van der Waals surface area contributed by atoms with Crippen LogP contribution in [0.15, 0.2) is 42.5 Å². The van der Waals surface area contributed by atoms with Crippen LogP contribution in [0.25, 0.3) is 0 Å². The SMILES string of the molecule is COC(=O)c1cccc(CS(=O)(=O)Oc2ccc(F)c(F)c2)c1. The molecule has 0 aliphatic heterocycles. The van der Waals surface area contributed by atoms with E-state index in [9.17, 15) is 22.0 Å². The van der Waals surface area contributed by atoms with Crippen LogP contribution in [0.3, 0.4) is 0 Å². The smallest absolute Gasteiger partial charge is 0.337 e. The summed E-state index contributed by atoms with van der Waals surface area (Å²) < 4.78 is 59.1. The Balaban J connectivity index is 2.18. The van der Waals surface area contributed by atoms with Gasteiger partial charge in [-0.3, -0.25) is 0 Å². The van der Waals surface area contributed by atoms with Crippen molar-refractivity contribution in [1.29, 1.82) is 0 Å². The van der Waals surface area contributed by atoms with Crippen LogP contribution in [0.1, 0.15) is 15.9 Å². The quantitative estimate of drug-likeness (QED) is 0.617. The van der Waals surface area contributed by atoms with Gasteiger partial charge >= 0.3 is 16.1 Å². The summed E-state index contributed by atoms with van der Waals surface area (Å²) in [7, 11) is -2.90. The van der Waals surface area contributed by atoms with Crippen LogP contribution in [0.5, 0.6) is 5.75 Å². The highest BCUT2D eigenvalue weighted by Crippen LogP contribution is 2.19. The Kier molecular flexibility index (Phi) is 4.95. The van der Waals surface area contributed by atoms with E-state index in [0.29, 0.717) is 6.07 Å². The van der Waals surface area contributed by atoms with E-state index in [1.165, 1.54) is 31.4 Å². The summed E-state index contributed by atoms with van der Waals surface area (Å²) in [6.45, 7) is 0. The molecule has 0 aromatic heterocycles. The number of carbonyl (C=O) groups is 1. The lowest BCUT2D eigenvalue weighted by molar-refractivity contribution is 0.0600. The highest BCUT2D eigenvalue weighted by atomic mass is 32.2. The van der Waals surface area contributed by atoms with Gasteiger partial charge in [0.1, 0.15) is 11.5 Å². The molecule has 0 spiro atoms. The molecule has 0 fully saturated rings. The van der Waals surface area contributed by atoms with E-state index in [4.69, 9.17) is 4.18 Å². The Bertz CT molecular complexity index is 834. The van der Waals surface area contributed by atoms with E-state index >= 15 is 0 Å². The van der Waals surface area contributed by atoms with Crippen molar-refractivity contribution < 1.29 is 30.9 Å². The Morgan fingerprint density at radius 2 is 1.83 bits per heavy atom. The number of hydrogen-bond acceptors (Lipinski definition) is 5. The van der Waals surface area contributed by atoms with Crippen LogP contribution < -0.4 is 4.18 Å². The largest absolute Gasteiger partial charge is 0.465 e. The highest BCUT2D eigenvalue weighted by molar-refractivity contribution is 7.86. The van der Waals surface area contributed by atoms with E-state index in [2.05, 4.69) is 4.74 Å². The van der Waals surface area contributed by atoms with Gasteiger partial charge in [0, 0.05) is 6.07 Å². The van der Waals surface area contributed by atoms with Crippen LogP contribution in [-0.2, 0) is 20.6 Å². The number of methoxy groups -OCH3 is 1. The van der Waals surface area contributed by atoms with Crippen molar-refractivity contribution in [3.05, 3.63) is 65.2 Å². The van der Waals surface area contributed by atoms with Gasteiger partial charge in [-0.1, -0.05) is 12.1 Å². The van der Waals surface area contributed by atoms with Crippen LogP contribution in [0, 0.1) is 11.6 Å². The van der Waals surface area contributed by atoms with Gasteiger partial charge in [0.2, 0.25) is 0 Å². The average molecular weight is 342 g/mol. The minimum absolute atomic E-state index is 0.188. The molecule has 23 heavy (non-hydrogen) atoms. The van der Waals surface area contributed by atoms with E-state index in [1.54, 1.807) is 0 Å². The summed E-state index contributed by atoms with van der Waals surface area (Å²) in [5.74, 6) is -3.82. The lowest BCUT2D eigenvalue weighted by Gasteiger charge is -2.08. The second-order valence-corrected chi connectivity index (χ2v) is 6.12. The van der Waals surface area contributed by atoms with E-state index in [1.807, 2.05) is 0 Å². The van der Waals surface area contributed by atoms with Gasteiger partial charge in [-0.2, -0.15) is 8.42 Å². The van der Waals surface area contributed by atoms with Crippen molar-refractivity contribution >= 4 is 16.1 Å². The molecule has 0 amide bonds. The summed E-state index contributed by atoms with van der Waals surface area (Å²) in [5, 5.41) is 0. The number of halogens is 2. The predicted octanol–water partition coefficient (Wildman–Crippen LogP) is 2.66. The number of benzene rings is 2. The maximum atomic E-state index is 13.1. The third-order valence-corrected chi connectivity index (χ3v) is 3.94. The van der Waals surface area contributed by atoms with Gasteiger partial charge < -0.3 is 8.92 Å². The first-order valence-corrected chi connectivity index (χ1v) is 7.93. The topological polar surface area (TPSA) is 69.7 Å². The minimum atomic E-state index is -4.11. The Labute approximate surface area is 131 Å². The monoisotopic (exact) mass is 342 g/mol. The maximum absolute atomic E-state index is 13.1. The molecule has 0 aliphatic carbocycles. The first-order chi connectivity index (χ1) is 10.8. The number of hydrogen-bond donors (Lipinski definition) is 0. The summed E-state index contributed by atoms with van der Waals surface area (Å²) in [6, 6.07) is 8.19. The molecule has 0 bridgehead atoms. The second-order valence-electron chi connectivity index (χ2n) is 4.55. The molecule has 2 rings (SSSR count). The molecule has 0 N–H and O–H groups in total. The predicted molar refractivity (Wildman–Crippen MR) is 77.4 cm³/mol. The molecule has 0 aliphatic rings. The molecule has 2 aromatic rings. The molecule has 2 aromatic carbocycles. The van der Waals surface area contributed by atoms with E-state index in [-0.39, 0.29) is 16.9 Å². The standard InChI is InChI=1S/C15H12F2O5S/c1-21-15(18)11-4-2-3-10(7-11)9-23(19,20)22-12-5-6-13(16)14(17)8-12/h2-8H,9H2,1H3. The number of rotatable bonds is 5. The maximum Gasteiger partial charge on any atom is 0.337 e. The fourth-order valence-corrected chi connectivity index (χ4v) is 2.86. The average Bonchev–Trinajstić information content (AvgIpc) is 2.49. The van der Waals surface area contributed by atoms with Gasteiger partial charge in [-0.25, -0.2) is 13.6 Å². The molecule has 8 heteroatoms. The lowest BCUT2D eigenvalue weighted by atomic mass is 10.1. The van der Waals surface area contributed by atoms with Crippen LogP contribution in [-0.4, -0.2) is 21.5 Å². The summed E-state index contributed by atoms with van der Waals surface area (Å²) in [6.07, 6.45) is 0. The molecule has 0 radical (unpaired) electrons. The zero-order valence-corrected chi connectivity index (χ0v) is 12.8. The van der Waals surface area contributed by atoms with Crippen molar-refractivity contribution in [2.45, 2.75) is 5.75 Å². The van der Waals surface area contributed by atoms with Crippen LogP contribution in [0.4, 0.5) is 8.78 Å². The zero-order chi connectivity index (χ0) is 17.0. The third kappa shape index (κ3) is 4.49. The summed E-state index contributed by atoms with van der Waals surface area (Å²) >= 11 is 0. The van der Waals surface area contributed by atoms with Crippen molar-refractivity contribution in [1.82, 2.24) is 0 Å². The van der Waals surface area contributed by atoms with Crippen molar-refractivity contribution in [2.24, 2.45) is 0 Å². The highest BCUT2D eigenvalue weighted by Gasteiger charge is 2.17. The van der Waals surface area contributed by atoms with Gasteiger partial charge in [0.25, 0.3) is 0 Å². The number of ether oxygens (including phenoxy) is 1. The molecule has 5 nitrogen and oxygen atoms in total. The molecule has 0 atom stereocenters. The summed E-state index contributed by atoms with van der Waals surface area (Å²) in [4.78, 5) is 11.4. The molecule has 0 unspecified atom stereocenters. The molecule has 0 saturated heterocycles. The zero-order valence-electron chi connectivity index (χ0n) is 12.0. The van der Waals surface area contributed by atoms with Crippen molar-refractivity contribution in [3.63, 3.8) is 0 Å². The van der Waals surface area contributed by atoms with E-state index < -0.39 is 33.5 Å². The minimum Gasteiger partial charge on any atom is -0.465 e. The molecule has 0 saturated carbocycles. The normalized spacial score (nSPS) is 11.1. The van der Waals surface area contributed by atoms with Crippen molar-refractivity contribution in [2.75, 3.05) is 7.11 Å². The lowest BCUT2D eigenvalue weighted by Crippen LogP contribution is -2.13. The van der Waals surface area contributed by atoms with Gasteiger partial charge in [0.05, 0.1) is 12.7 Å². The van der Waals surface area contributed by atoms with Gasteiger partial charge in [0.15, 0.2) is 11.6 Å². The van der Waals surface area contributed by atoms with Crippen LogP contribution in [0.2, 0.25) is 0 Å². The summed E-state index contributed by atoms with van der Waals surface area (Å²) in [5.41, 5.74) is 0.475. The first kappa shape index (κ1) is 16.9. The number of carbonyl (C=O) groups excluding carboxylic acids is 1. The Morgan fingerprint density at radius 1 is 1.09 bits per heavy atom. The van der Waals surface area contributed by atoms with Gasteiger partial charge in [-0.05, 0) is 29.8 Å². The number of esters is 1. The van der Waals surface area contributed by atoms with E-state index in [0.717, 1.165) is 12.1 Å². The van der Waals surface area contributed by atoms with Crippen molar-refractivity contribution in [3.8, 4) is 5.75 Å². The molecular weight excluding hydrogens is 330 g/mol.